The maximum Gasteiger partial charge on any atom is 0.125 e. The number of fused-ring (bicyclic) bond motifs is 1. The fourth-order valence-corrected chi connectivity index (χ4v) is 3.32. The van der Waals surface area contributed by atoms with E-state index in [-0.39, 0.29) is 5.82 Å². The second-order valence-electron chi connectivity index (χ2n) is 5.39. The van der Waals surface area contributed by atoms with Crippen molar-refractivity contribution in [3.63, 3.8) is 0 Å². The zero-order valence-corrected chi connectivity index (χ0v) is 11.7. The molecule has 0 bridgehead atoms. The lowest BCUT2D eigenvalue weighted by atomic mass is 10.0. The highest BCUT2D eigenvalue weighted by Gasteiger charge is 2.17. The molecule has 1 aromatic carbocycles. The van der Waals surface area contributed by atoms with Gasteiger partial charge in [-0.15, -0.1) is 11.6 Å². The lowest BCUT2D eigenvalue weighted by molar-refractivity contribution is 0.458. The molecule has 0 aliphatic heterocycles. The summed E-state index contributed by atoms with van der Waals surface area (Å²) in [6.07, 6.45) is 6.59. The molecule has 0 spiro atoms. The van der Waals surface area contributed by atoms with Crippen molar-refractivity contribution in [1.82, 2.24) is 9.55 Å². The van der Waals surface area contributed by atoms with E-state index in [1.54, 1.807) is 0 Å². The lowest BCUT2D eigenvalue weighted by Crippen LogP contribution is -2.06. The molecule has 1 aliphatic rings. The first-order valence-electron chi connectivity index (χ1n) is 6.98. The third kappa shape index (κ3) is 2.62. The van der Waals surface area contributed by atoms with Crippen molar-refractivity contribution in [2.45, 2.75) is 44.5 Å². The molecule has 1 heterocycles. The molecule has 0 saturated heterocycles. The van der Waals surface area contributed by atoms with E-state index in [9.17, 15) is 4.39 Å². The van der Waals surface area contributed by atoms with Gasteiger partial charge < -0.3 is 4.57 Å². The molecule has 0 amide bonds. The van der Waals surface area contributed by atoms with Crippen LogP contribution in [0.5, 0.6) is 0 Å². The normalized spacial score (nSPS) is 16.5. The summed E-state index contributed by atoms with van der Waals surface area (Å²) in [5.41, 5.74) is 1.71. The number of benzene rings is 1. The van der Waals surface area contributed by atoms with Gasteiger partial charge in [0.15, 0.2) is 0 Å². The number of nitrogens with zero attached hydrogens (tertiary/aromatic N) is 2. The van der Waals surface area contributed by atoms with E-state index < -0.39 is 0 Å². The van der Waals surface area contributed by atoms with Gasteiger partial charge >= 0.3 is 0 Å². The molecule has 0 atom stereocenters. The van der Waals surface area contributed by atoms with E-state index in [2.05, 4.69) is 9.55 Å². The number of rotatable bonds is 4. The van der Waals surface area contributed by atoms with Gasteiger partial charge in [-0.2, -0.15) is 0 Å². The zero-order chi connectivity index (χ0) is 13.2. The average Bonchev–Trinajstić information content (AvgIpc) is 3.02. The van der Waals surface area contributed by atoms with Gasteiger partial charge in [0.25, 0.3) is 0 Å². The van der Waals surface area contributed by atoms with E-state index in [1.165, 1.54) is 44.2 Å². The Bertz CT molecular complexity index is 573. The quantitative estimate of drug-likeness (QED) is 0.754. The monoisotopic (exact) mass is 280 g/mol. The summed E-state index contributed by atoms with van der Waals surface area (Å²) in [6, 6.07) is 4.79. The number of aryl methyl sites for hydroxylation is 1. The van der Waals surface area contributed by atoms with Crippen LogP contribution in [-0.2, 0) is 12.4 Å². The van der Waals surface area contributed by atoms with E-state index in [1.807, 2.05) is 6.07 Å². The molecule has 0 unspecified atom stereocenters. The molecule has 1 fully saturated rings. The molecule has 4 heteroatoms. The summed E-state index contributed by atoms with van der Waals surface area (Å²) in [7, 11) is 0. The molecule has 1 aromatic heterocycles. The number of halogens is 2. The summed E-state index contributed by atoms with van der Waals surface area (Å²) in [5.74, 6) is 1.82. The number of hydrogen-bond acceptors (Lipinski definition) is 1. The first kappa shape index (κ1) is 12.9. The molecular weight excluding hydrogens is 263 g/mol. The smallest absolute Gasteiger partial charge is 0.125 e. The van der Waals surface area contributed by atoms with Crippen molar-refractivity contribution in [2.24, 2.45) is 5.92 Å². The molecule has 1 saturated carbocycles. The topological polar surface area (TPSA) is 17.8 Å². The van der Waals surface area contributed by atoms with E-state index in [0.29, 0.717) is 11.4 Å². The van der Waals surface area contributed by atoms with Crippen LogP contribution >= 0.6 is 11.6 Å². The lowest BCUT2D eigenvalue weighted by Gasteiger charge is -2.12. The maximum absolute atomic E-state index is 13.2. The highest BCUT2D eigenvalue weighted by atomic mass is 35.5. The van der Waals surface area contributed by atoms with Gasteiger partial charge in [0.2, 0.25) is 0 Å². The largest absolute Gasteiger partial charge is 0.327 e. The third-order valence-electron chi connectivity index (χ3n) is 4.14. The molecular formula is C15H18ClFN2. The molecule has 0 radical (unpaired) electrons. The minimum Gasteiger partial charge on any atom is -0.327 e. The van der Waals surface area contributed by atoms with Gasteiger partial charge in [-0.3, -0.25) is 0 Å². The van der Waals surface area contributed by atoms with Gasteiger partial charge in [-0.25, -0.2) is 9.37 Å². The summed E-state index contributed by atoms with van der Waals surface area (Å²) >= 11 is 5.96. The predicted molar refractivity (Wildman–Crippen MR) is 75.8 cm³/mol. The van der Waals surface area contributed by atoms with E-state index in [0.717, 1.165) is 23.8 Å². The highest BCUT2D eigenvalue weighted by molar-refractivity contribution is 6.16. The van der Waals surface area contributed by atoms with E-state index in [4.69, 9.17) is 11.6 Å². The van der Waals surface area contributed by atoms with Crippen LogP contribution < -0.4 is 0 Å². The molecule has 1 aliphatic carbocycles. The molecule has 3 rings (SSSR count). The first-order valence-corrected chi connectivity index (χ1v) is 7.52. The van der Waals surface area contributed by atoms with Crippen LogP contribution in [0, 0.1) is 11.7 Å². The van der Waals surface area contributed by atoms with Crippen molar-refractivity contribution >= 4 is 22.6 Å². The predicted octanol–water partition coefficient (Wildman–Crippen LogP) is 4.49. The number of imidazole rings is 1. The van der Waals surface area contributed by atoms with Crippen LogP contribution in [-0.4, -0.2) is 9.55 Å². The van der Waals surface area contributed by atoms with Crippen LogP contribution in [0.15, 0.2) is 18.2 Å². The Morgan fingerprint density at radius 1 is 1.32 bits per heavy atom. The van der Waals surface area contributed by atoms with Crippen molar-refractivity contribution in [1.29, 1.82) is 0 Å². The van der Waals surface area contributed by atoms with Crippen molar-refractivity contribution in [2.75, 3.05) is 0 Å². The molecule has 2 aromatic rings. The first-order chi connectivity index (χ1) is 9.28. The summed E-state index contributed by atoms with van der Waals surface area (Å²) in [6.45, 7) is 0.939. The Morgan fingerprint density at radius 2 is 2.11 bits per heavy atom. The van der Waals surface area contributed by atoms with Gasteiger partial charge in [0.1, 0.15) is 11.6 Å². The zero-order valence-electron chi connectivity index (χ0n) is 10.9. The van der Waals surface area contributed by atoms with Crippen LogP contribution in [0.3, 0.4) is 0 Å². The van der Waals surface area contributed by atoms with Gasteiger partial charge in [-0.05, 0) is 24.5 Å². The van der Waals surface area contributed by atoms with Crippen LogP contribution in [0.4, 0.5) is 4.39 Å². The number of hydrogen-bond donors (Lipinski definition) is 0. The summed E-state index contributed by atoms with van der Waals surface area (Å²) in [4.78, 5) is 4.43. The average molecular weight is 281 g/mol. The minimum absolute atomic E-state index is 0.242. The Morgan fingerprint density at radius 3 is 2.84 bits per heavy atom. The van der Waals surface area contributed by atoms with Crippen molar-refractivity contribution in [3.05, 3.63) is 29.8 Å². The van der Waals surface area contributed by atoms with Crippen molar-refractivity contribution in [3.8, 4) is 0 Å². The number of alkyl halides is 1. The molecule has 0 N–H and O–H groups in total. The Kier molecular flexibility index (Phi) is 3.74. The van der Waals surface area contributed by atoms with Crippen LogP contribution in [0.2, 0.25) is 0 Å². The standard InChI is InChI=1S/C15H18ClFN2/c16-10-15-18-13-9-12(17)5-6-14(13)19(15)8-7-11-3-1-2-4-11/h5-6,9,11H,1-4,7-8,10H2. The SMILES string of the molecule is Fc1ccc2c(c1)nc(CCl)n2CCC1CCCC1. The van der Waals surface area contributed by atoms with Gasteiger partial charge in [0.05, 0.1) is 16.9 Å². The molecule has 19 heavy (non-hydrogen) atoms. The van der Waals surface area contributed by atoms with E-state index >= 15 is 0 Å². The fourth-order valence-electron chi connectivity index (χ4n) is 3.12. The Labute approximate surface area is 117 Å². The minimum atomic E-state index is -0.242. The number of aromatic nitrogens is 2. The van der Waals surface area contributed by atoms with Crippen LogP contribution in [0.1, 0.15) is 37.9 Å². The maximum atomic E-state index is 13.2. The van der Waals surface area contributed by atoms with Crippen molar-refractivity contribution < 1.29 is 4.39 Å². The van der Waals surface area contributed by atoms with Crippen LogP contribution in [0.25, 0.3) is 11.0 Å². The molecule has 2 nitrogen and oxygen atoms in total. The Balaban J connectivity index is 1.87. The summed E-state index contributed by atoms with van der Waals surface area (Å²) < 4.78 is 15.4. The van der Waals surface area contributed by atoms with Gasteiger partial charge in [-0.1, -0.05) is 25.7 Å². The second-order valence-corrected chi connectivity index (χ2v) is 5.65. The van der Waals surface area contributed by atoms with Gasteiger partial charge in [0, 0.05) is 12.6 Å². The fraction of sp³-hybridized carbons (Fsp3) is 0.533. The second kappa shape index (κ2) is 5.49. The third-order valence-corrected chi connectivity index (χ3v) is 4.38. The Hall–Kier alpha value is -1.09. The molecule has 102 valence electrons. The summed E-state index contributed by atoms with van der Waals surface area (Å²) in [5, 5.41) is 0. The highest BCUT2D eigenvalue weighted by Crippen LogP contribution is 2.29.